The van der Waals surface area contributed by atoms with Crippen LogP contribution in [0.4, 0.5) is 11.4 Å². The lowest BCUT2D eigenvalue weighted by atomic mass is 10.1. The van der Waals surface area contributed by atoms with E-state index in [1.54, 1.807) is 18.2 Å². The van der Waals surface area contributed by atoms with Gasteiger partial charge in [0, 0.05) is 10.8 Å². The predicted octanol–water partition coefficient (Wildman–Crippen LogP) is 5.66. The first-order valence-electron chi connectivity index (χ1n) is 7.93. The van der Waals surface area contributed by atoms with Gasteiger partial charge in [0.1, 0.15) is 10.6 Å². The van der Waals surface area contributed by atoms with Gasteiger partial charge in [0.15, 0.2) is 0 Å². The van der Waals surface area contributed by atoms with Crippen LogP contribution in [0.25, 0.3) is 21.5 Å². The molecule has 26 heavy (non-hydrogen) atoms. The quantitative estimate of drug-likeness (QED) is 0.377. The Hall–Kier alpha value is -3.09. The van der Waals surface area contributed by atoms with Gasteiger partial charge in [0.25, 0.3) is 10.1 Å². The van der Waals surface area contributed by atoms with Crippen LogP contribution in [0, 0.1) is 0 Å². The maximum atomic E-state index is 11.8. The second kappa shape index (κ2) is 6.33. The molecule has 0 unspecified atom stereocenters. The van der Waals surface area contributed by atoms with Crippen molar-refractivity contribution in [2.45, 2.75) is 4.90 Å². The SMILES string of the molecule is O=S(=O)(O)c1ccc2ccccc2c1N=Nc1cccc2ccccc12. The van der Waals surface area contributed by atoms with E-state index in [0.717, 1.165) is 16.2 Å². The zero-order chi connectivity index (χ0) is 18.1. The Morgan fingerprint density at radius 1 is 0.654 bits per heavy atom. The van der Waals surface area contributed by atoms with Crippen molar-refractivity contribution in [2.75, 3.05) is 0 Å². The van der Waals surface area contributed by atoms with Crippen LogP contribution in [-0.2, 0) is 10.1 Å². The summed E-state index contributed by atoms with van der Waals surface area (Å²) in [5, 5.41) is 11.8. The highest BCUT2D eigenvalue weighted by Crippen LogP contribution is 2.35. The van der Waals surface area contributed by atoms with Crippen molar-refractivity contribution in [1.29, 1.82) is 0 Å². The van der Waals surface area contributed by atoms with Crippen LogP contribution in [0.2, 0.25) is 0 Å². The third-order valence-corrected chi connectivity index (χ3v) is 5.05. The molecule has 0 aliphatic heterocycles. The molecule has 0 heterocycles. The van der Waals surface area contributed by atoms with Crippen LogP contribution in [0.3, 0.4) is 0 Å². The minimum absolute atomic E-state index is 0.124. The van der Waals surface area contributed by atoms with Crippen molar-refractivity contribution >= 4 is 43.0 Å². The van der Waals surface area contributed by atoms with Crippen molar-refractivity contribution in [3.8, 4) is 0 Å². The summed E-state index contributed by atoms with van der Waals surface area (Å²) < 4.78 is 33.1. The third-order valence-electron chi connectivity index (χ3n) is 4.17. The minimum Gasteiger partial charge on any atom is -0.282 e. The van der Waals surface area contributed by atoms with Crippen LogP contribution in [0.5, 0.6) is 0 Å². The number of benzene rings is 4. The molecule has 4 aromatic carbocycles. The Bertz CT molecular complexity index is 1260. The molecule has 0 saturated heterocycles. The first-order valence-corrected chi connectivity index (χ1v) is 9.37. The normalized spacial score (nSPS) is 12.2. The lowest BCUT2D eigenvalue weighted by Crippen LogP contribution is -1.98. The molecule has 0 aliphatic carbocycles. The van der Waals surface area contributed by atoms with Crippen molar-refractivity contribution < 1.29 is 13.0 Å². The summed E-state index contributed by atoms with van der Waals surface area (Å²) in [5.74, 6) is 0. The molecule has 0 aromatic heterocycles. The fourth-order valence-corrected chi connectivity index (χ4v) is 3.58. The Labute approximate surface area is 150 Å². The van der Waals surface area contributed by atoms with Gasteiger partial charge in [-0.2, -0.15) is 8.42 Å². The van der Waals surface area contributed by atoms with Gasteiger partial charge < -0.3 is 0 Å². The van der Waals surface area contributed by atoms with E-state index >= 15 is 0 Å². The molecule has 128 valence electrons. The molecule has 0 amide bonds. The molecule has 6 heteroatoms. The van der Waals surface area contributed by atoms with Gasteiger partial charge in [-0.3, -0.25) is 4.55 Å². The van der Waals surface area contributed by atoms with Gasteiger partial charge >= 0.3 is 0 Å². The van der Waals surface area contributed by atoms with Crippen LogP contribution >= 0.6 is 0 Å². The molecule has 0 aliphatic rings. The predicted molar refractivity (Wildman–Crippen MR) is 102 cm³/mol. The maximum absolute atomic E-state index is 11.8. The summed E-state index contributed by atoms with van der Waals surface area (Å²) in [4.78, 5) is -0.264. The van der Waals surface area contributed by atoms with E-state index in [0.29, 0.717) is 11.1 Å². The highest BCUT2D eigenvalue weighted by atomic mass is 32.2. The van der Waals surface area contributed by atoms with Crippen molar-refractivity contribution in [3.63, 3.8) is 0 Å². The smallest absolute Gasteiger partial charge is 0.282 e. The van der Waals surface area contributed by atoms with Gasteiger partial charge in [-0.15, -0.1) is 10.2 Å². The zero-order valence-corrected chi connectivity index (χ0v) is 14.4. The van der Waals surface area contributed by atoms with E-state index in [1.165, 1.54) is 6.07 Å². The van der Waals surface area contributed by atoms with Crippen molar-refractivity contribution in [1.82, 2.24) is 0 Å². The first kappa shape index (κ1) is 16.4. The van der Waals surface area contributed by atoms with Crippen LogP contribution in [0.1, 0.15) is 0 Å². The Balaban J connectivity index is 1.95. The molecule has 0 fully saturated rings. The number of fused-ring (bicyclic) bond motifs is 2. The lowest BCUT2D eigenvalue weighted by Gasteiger charge is -2.06. The van der Waals surface area contributed by atoms with Crippen molar-refractivity contribution in [2.24, 2.45) is 10.2 Å². The van der Waals surface area contributed by atoms with Gasteiger partial charge in [-0.05, 0) is 22.9 Å². The third kappa shape index (κ3) is 2.96. The zero-order valence-electron chi connectivity index (χ0n) is 13.6. The van der Waals surface area contributed by atoms with Crippen LogP contribution < -0.4 is 0 Å². The summed E-state index contributed by atoms with van der Waals surface area (Å²) in [6.45, 7) is 0. The number of azo groups is 1. The van der Waals surface area contributed by atoms with Gasteiger partial charge in [0.2, 0.25) is 0 Å². The summed E-state index contributed by atoms with van der Waals surface area (Å²) in [6, 6.07) is 23.6. The van der Waals surface area contributed by atoms with E-state index in [9.17, 15) is 13.0 Å². The average Bonchev–Trinajstić information content (AvgIpc) is 2.65. The second-order valence-corrected chi connectivity index (χ2v) is 7.20. The maximum Gasteiger partial charge on any atom is 0.296 e. The van der Waals surface area contributed by atoms with E-state index in [1.807, 2.05) is 54.6 Å². The monoisotopic (exact) mass is 362 g/mol. The molecule has 4 rings (SSSR count). The second-order valence-electron chi connectivity index (χ2n) is 5.81. The average molecular weight is 362 g/mol. The summed E-state index contributed by atoms with van der Waals surface area (Å²) >= 11 is 0. The fraction of sp³-hybridized carbons (Fsp3) is 0. The molecule has 0 atom stereocenters. The standard InChI is InChI=1S/C20H14N2O3S/c23-26(24,25)19-13-12-15-7-2-4-10-17(15)20(19)22-21-18-11-5-8-14-6-1-3-9-16(14)18/h1-13H,(H,23,24,25). The molecule has 1 N–H and O–H groups in total. The Morgan fingerprint density at radius 3 is 2.00 bits per heavy atom. The Morgan fingerprint density at radius 2 is 1.27 bits per heavy atom. The molecule has 5 nitrogen and oxygen atoms in total. The molecule has 0 spiro atoms. The highest BCUT2D eigenvalue weighted by molar-refractivity contribution is 7.86. The van der Waals surface area contributed by atoms with E-state index < -0.39 is 10.1 Å². The molecule has 0 bridgehead atoms. The number of nitrogens with zero attached hydrogens (tertiary/aromatic N) is 2. The lowest BCUT2D eigenvalue weighted by molar-refractivity contribution is 0.483. The van der Waals surface area contributed by atoms with Gasteiger partial charge in [0.05, 0.1) is 5.69 Å². The van der Waals surface area contributed by atoms with Gasteiger partial charge in [-0.25, -0.2) is 0 Å². The number of hydrogen-bond donors (Lipinski definition) is 1. The summed E-state index contributed by atoms with van der Waals surface area (Å²) in [7, 11) is -4.43. The minimum atomic E-state index is -4.43. The van der Waals surface area contributed by atoms with E-state index in [2.05, 4.69) is 10.2 Å². The topological polar surface area (TPSA) is 79.1 Å². The first-order chi connectivity index (χ1) is 12.5. The van der Waals surface area contributed by atoms with Crippen molar-refractivity contribution in [3.05, 3.63) is 78.9 Å². The molecule has 0 saturated carbocycles. The molecular weight excluding hydrogens is 348 g/mol. The Kier molecular flexibility index (Phi) is 3.99. The van der Waals surface area contributed by atoms with Crippen LogP contribution in [0.15, 0.2) is 94.0 Å². The largest absolute Gasteiger partial charge is 0.296 e. The highest BCUT2D eigenvalue weighted by Gasteiger charge is 2.18. The summed E-state index contributed by atoms with van der Waals surface area (Å²) in [6.07, 6.45) is 0. The fourth-order valence-electron chi connectivity index (χ4n) is 2.95. The number of hydrogen-bond acceptors (Lipinski definition) is 4. The summed E-state index contributed by atoms with van der Waals surface area (Å²) in [5.41, 5.74) is 0.746. The molecule has 4 aromatic rings. The number of rotatable bonds is 3. The van der Waals surface area contributed by atoms with Crippen LogP contribution in [-0.4, -0.2) is 13.0 Å². The molecular formula is C20H14N2O3S. The molecule has 0 radical (unpaired) electrons. The van der Waals surface area contributed by atoms with E-state index in [4.69, 9.17) is 0 Å². The van der Waals surface area contributed by atoms with Gasteiger partial charge in [-0.1, -0.05) is 66.7 Å². The van der Waals surface area contributed by atoms with E-state index in [-0.39, 0.29) is 10.6 Å².